The van der Waals surface area contributed by atoms with Gasteiger partial charge in [0.25, 0.3) is 0 Å². The largest absolute Gasteiger partial charge is 0.480 e. The van der Waals surface area contributed by atoms with Crippen molar-refractivity contribution >= 4 is 11.0 Å². The van der Waals surface area contributed by atoms with Gasteiger partial charge >= 0.3 is 0 Å². The van der Waals surface area contributed by atoms with Gasteiger partial charge in [-0.25, -0.2) is 9.97 Å². The topological polar surface area (TPSA) is 50.8 Å². The van der Waals surface area contributed by atoms with Crippen molar-refractivity contribution < 1.29 is 4.74 Å². The molecule has 4 heteroatoms. The van der Waals surface area contributed by atoms with E-state index in [-0.39, 0.29) is 0 Å². The van der Waals surface area contributed by atoms with E-state index >= 15 is 0 Å². The molecule has 0 spiro atoms. The molecule has 0 bridgehead atoms. The molecule has 2 heterocycles. The van der Waals surface area contributed by atoms with Crippen molar-refractivity contribution in [3.8, 4) is 5.88 Å². The van der Waals surface area contributed by atoms with Crippen LogP contribution in [0.3, 0.4) is 0 Å². The van der Waals surface area contributed by atoms with Gasteiger partial charge in [0, 0.05) is 5.69 Å². The zero-order valence-corrected chi connectivity index (χ0v) is 7.88. The second kappa shape index (κ2) is 2.73. The van der Waals surface area contributed by atoms with E-state index in [2.05, 4.69) is 15.0 Å². The maximum Gasteiger partial charge on any atom is 0.226 e. The number of nitrogens with zero attached hydrogens (tertiary/aromatic N) is 2. The number of H-pyrrole nitrogens is 1. The van der Waals surface area contributed by atoms with Crippen LogP contribution in [0.2, 0.25) is 0 Å². The van der Waals surface area contributed by atoms with Crippen LogP contribution >= 0.6 is 0 Å². The van der Waals surface area contributed by atoms with Gasteiger partial charge in [0.15, 0.2) is 0 Å². The van der Waals surface area contributed by atoms with E-state index in [9.17, 15) is 0 Å². The Morgan fingerprint density at radius 3 is 2.77 bits per heavy atom. The first-order chi connectivity index (χ1) is 6.24. The Balaban J connectivity index is 2.87. The molecule has 0 radical (unpaired) electrons. The van der Waals surface area contributed by atoms with E-state index in [1.807, 2.05) is 13.8 Å². The molecule has 0 aliphatic rings. The molecule has 0 aliphatic carbocycles. The molecule has 2 rings (SSSR count). The number of nitrogens with one attached hydrogen (secondary N) is 1. The minimum atomic E-state index is 0.631. The predicted molar refractivity (Wildman–Crippen MR) is 49.9 cm³/mol. The summed E-state index contributed by atoms with van der Waals surface area (Å²) in [5.41, 5.74) is 3.09. The number of aromatic nitrogens is 3. The fourth-order valence-electron chi connectivity index (χ4n) is 1.42. The number of aryl methyl sites for hydroxylation is 2. The molecule has 0 unspecified atom stereocenters. The summed E-state index contributed by atoms with van der Waals surface area (Å²) in [5, 5.41) is 0.975. The molecule has 1 N–H and O–H groups in total. The first kappa shape index (κ1) is 8.04. The van der Waals surface area contributed by atoms with Gasteiger partial charge in [0.2, 0.25) is 5.88 Å². The molecule has 0 atom stereocenters. The van der Waals surface area contributed by atoms with Crippen LogP contribution in [0, 0.1) is 13.8 Å². The summed E-state index contributed by atoms with van der Waals surface area (Å²) in [4.78, 5) is 11.3. The van der Waals surface area contributed by atoms with Crippen LogP contribution < -0.4 is 4.74 Å². The number of aromatic amines is 1. The first-order valence-electron chi connectivity index (χ1n) is 4.08. The van der Waals surface area contributed by atoms with Crippen molar-refractivity contribution in [3.63, 3.8) is 0 Å². The smallest absolute Gasteiger partial charge is 0.226 e. The Morgan fingerprint density at radius 1 is 1.31 bits per heavy atom. The highest BCUT2D eigenvalue weighted by Crippen LogP contribution is 2.26. The predicted octanol–water partition coefficient (Wildman–Crippen LogP) is 1.58. The molecular formula is C9H11N3O. The molecule has 0 fully saturated rings. The number of methoxy groups -OCH3 is 1. The average molecular weight is 177 g/mol. The van der Waals surface area contributed by atoms with Crippen molar-refractivity contribution in [2.24, 2.45) is 0 Å². The Kier molecular flexibility index (Phi) is 1.69. The SMILES string of the molecule is COc1ncnc2[nH]c(C)c(C)c12. The number of rotatable bonds is 1. The Hall–Kier alpha value is -1.58. The van der Waals surface area contributed by atoms with E-state index in [1.165, 1.54) is 6.33 Å². The van der Waals surface area contributed by atoms with Crippen LogP contribution in [-0.2, 0) is 0 Å². The first-order valence-corrected chi connectivity index (χ1v) is 4.08. The van der Waals surface area contributed by atoms with Crippen LogP contribution in [0.25, 0.3) is 11.0 Å². The molecule has 68 valence electrons. The van der Waals surface area contributed by atoms with Crippen LogP contribution in [0.1, 0.15) is 11.3 Å². The maximum absolute atomic E-state index is 5.15. The van der Waals surface area contributed by atoms with Gasteiger partial charge in [0.05, 0.1) is 12.5 Å². The van der Waals surface area contributed by atoms with Gasteiger partial charge in [-0.3, -0.25) is 0 Å². The Morgan fingerprint density at radius 2 is 2.08 bits per heavy atom. The second-order valence-electron chi connectivity index (χ2n) is 2.98. The highest BCUT2D eigenvalue weighted by atomic mass is 16.5. The fraction of sp³-hybridized carbons (Fsp3) is 0.333. The maximum atomic E-state index is 5.15. The van der Waals surface area contributed by atoms with Crippen LogP contribution in [0.15, 0.2) is 6.33 Å². The van der Waals surface area contributed by atoms with Gasteiger partial charge in [-0.15, -0.1) is 0 Å². The summed E-state index contributed by atoms with van der Waals surface area (Å²) in [7, 11) is 1.61. The van der Waals surface area contributed by atoms with Crippen LogP contribution in [-0.4, -0.2) is 22.1 Å². The molecule has 0 aromatic carbocycles. The Labute approximate surface area is 76.0 Å². The summed E-state index contributed by atoms with van der Waals surface area (Å²) >= 11 is 0. The van der Waals surface area contributed by atoms with Crippen LogP contribution in [0.5, 0.6) is 5.88 Å². The highest BCUT2D eigenvalue weighted by Gasteiger charge is 2.10. The number of hydrogen-bond donors (Lipinski definition) is 1. The van der Waals surface area contributed by atoms with Crippen molar-refractivity contribution in [1.82, 2.24) is 15.0 Å². The van der Waals surface area contributed by atoms with Gasteiger partial charge in [-0.1, -0.05) is 0 Å². The molecular weight excluding hydrogens is 166 g/mol. The molecule has 0 amide bonds. The van der Waals surface area contributed by atoms with E-state index in [0.717, 1.165) is 22.3 Å². The molecule has 0 aliphatic heterocycles. The zero-order chi connectivity index (χ0) is 9.42. The quantitative estimate of drug-likeness (QED) is 0.719. The van der Waals surface area contributed by atoms with Crippen molar-refractivity contribution in [2.45, 2.75) is 13.8 Å². The van der Waals surface area contributed by atoms with E-state index in [1.54, 1.807) is 7.11 Å². The molecule has 13 heavy (non-hydrogen) atoms. The summed E-state index contributed by atoms with van der Waals surface area (Å²) in [6, 6.07) is 0. The Bertz CT molecular complexity index is 447. The van der Waals surface area contributed by atoms with E-state index in [0.29, 0.717) is 5.88 Å². The third kappa shape index (κ3) is 1.06. The highest BCUT2D eigenvalue weighted by molar-refractivity contribution is 5.85. The third-order valence-electron chi connectivity index (χ3n) is 2.25. The standard InChI is InChI=1S/C9H11N3O/c1-5-6(2)12-8-7(5)9(13-3)11-4-10-8/h4H,1-3H3,(H,10,11,12). The molecule has 2 aromatic rings. The molecule has 2 aromatic heterocycles. The lowest BCUT2D eigenvalue weighted by atomic mass is 10.2. The summed E-state index contributed by atoms with van der Waals surface area (Å²) in [5.74, 6) is 0.631. The summed E-state index contributed by atoms with van der Waals surface area (Å²) in [6.07, 6.45) is 1.50. The summed E-state index contributed by atoms with van der Waals surface area (Å²) < 4.78 is 5.15. The van der Waals surface area contributed by atoms with Crippen molar-refractivity contribution in [3.05, 3.63) is 17.6 Å². The number of fused-ring (bicyclic) bond motifs is 1. The van der Waals surface area contributed by atoms with Crippen molar-refractivity contribution in [2.75, 3.05) is 7.11 Å². The normalized spacial score (nSPS) is 10.7. The number of ether oxygens (including phenoxy) is 1. The lowest BCUT2D eigenvalue weighted by molar-refractivity contribution is 0.402. The lowest BCUT2D eigenvalue weighted by Crippen LogP contribution is -1.89. The average Bonchev–Trinajstić information content (AvgIpc) is 2.43. The fourth-order valence-corrected chi connectivity index (χ4v) is 1.42. The van der Waals surface area contributed by atoms with E-state index < -0.39 is 0 Å². The van der Waals surface area contributed by atoms with Gasteiger partial charge in [-0.05, 0) is 19.4 Å². The molecule has 4 nitrogen and oxygen atoms in total. The molecule has 0 saturated carbocycles. The number of hydrogen-bond acceptors (Lipinski definition) is 3. The van der Waals surface area contributed by atoms with Crippen LogP contribution in [0.4, 0.5) is 0 Å². The minimum absolute atomic E-state index is 0.631. The monoisotopic (exact) mass is 177 g/mol. The van der Waals surface area contributed by atoms with E-state index in [4.69, 9.17) is 4.74 Å². The van der Waals surface area contributed by atoms with Gasteiger partial charge < -0.3 is 9.72 Å². The third-order valence-corrected chi connectivity index (χ3v) is 2.25. The molecule has 0 saturated heterocycles. The summed E-state index contributed by atoms with van der Waals surface area (Å²) in [6.45, 7) is 4.04. The second-order valence-corrected chi connectivity index (χ2v) is 2.98. The van der Waals surface area contributed by atoms with Gasteiger partial charge in [0.1, 0.15) is 12.0 Å². The van der Waals surface area contributed by atoms with Crippen molar-refractivity contribution in [1.29, 1.82) is 0 Å². The minimum Gasteiger partial charge on any atom is -0.480 e. The van der Waals surface area contributed by atoms with Gasteiger partial charge in [-0.2, -0.15) is 0 Å². The lowest BCUT2D eigenvalue weighted by Gasteiger charge is -1.99. The zero-order valence-electron chi connectivity index (χ0n) is 7.88.